The second kappa shape index (κ2) is 10.5. The van der Waals surface area contributed by atoms with Crippen LogP contribution in [0.4, 0.5) is 5.69 Å². The van der Waals surface area contributed by atoms with Crippen molar-refractivity contribution >= 4 is 35.2 Å². The fourth-order valence-electron chi connectivity index (χ4n) is 7.20. The number of likely N-dealkylation sites (tertiary alicyclic amines) is 1. The van der Waals surface area contributed by atoms with E-state index in [4.69, 9.17) is 0 Å². The number of amides is 3. The number of nitrogens with zero attached hydrogens (tertiary/aromatic N) is 2. The zero-order valence-corrected chi connectivity index (χ0v) is 24.3. The van der Waals surface area contributed by atoms with Gasteiger partial charge in [0, 0.05) is 17.8 Å². The minimum absolute atomic E-state index is 0.00497. The van der Waals surface area contributed by atoms with Gasteiger partial charge in [-0.2, -0.15) is 0 Å². The van der Waals surface area contributed by atoms with Crippen molar-refractivity contribution in [3.8, 4) is 0 Å². The van der Waals surface area contributed by atoms with Crippen molar-refractivity contribution in [1.29, 1.82) is 0 Å². The Morgan fingerprint density at radius 3 is 2.69 bits per heavy atom. The highest BCUT2D eigenvalue weighted by Crippen LogP contribution is 2.56. The van der Waals surface area contributed by atoms with Gasteiger partial charge in [0.1, 0.15) is 10.9 Å². The number of aryl methyl sites for hydroxylation is 1. The van der Waals surface area contributed by atoms with Crippen molar-refractivity contribution < 1.29 is 19.5 Å². The van der Waals surface area contributed by atoms with E-state index in [0.29, 0.717) is 11.4 Å². The average molecular weight is 583 g/mol. The molecule has 0 radical (unpaired) electrons. The number of aliphatic hydroxyl groups excluding tert-OH is 1. The van der Waals surface area contributed by atoms with Gasteiger partial charge in [-0.3, -0.25) is 14.4 Å². The number of carbonyl (C=O) groups excluding carboxylic acids is 3. The maximum atomic E-state index is 13.9. The van der Waals surface area contributed by atoms with Crippen LogP contribution in [0, 0.1) is 0 Å². The van der Waals surface area contributed by atoms with Crippen LogP contribution in [-0.4, -0.2) is 68.1 Å². The fraction of sp³-hybridized carbons (Fsp3) is 0.364. The largest absolute Gasteiger partial charge is 0.384 e. The first kappa shape index (κ1) is 27.0. The molecule has 0 spiro atoms. The SMILES string of the molecule is CC12SCN(C(=O)[C@@H](O)[C@H](Cc3ccccc3)NC(=O)c3cccc4c3CCN4)[C@@H]1C(=O)N2[C@H]1CCc2ccccc21. The van der Waals surface area contributed by atoms with Gasteiger partial charge < -0.3 is 25.5 Å². The molecule has 9 heteroatoms. The highest BCUT2D eigenvalue weighted by Gasteiger charge is 2.67. The van der Waals surface area contributed by atoms with Crippen LogP contribution in [0.3, 0.4) is 0 Å². The number of hydrogen-bond acceptors (Lipinski definition) is 6. The monoisotopic (exact) mass is 582 g/mol. The molecule has 3 amide bonds. The molecular weight excluding hydrogens is 548 g/mol. The summed E-state index contributed by atoms with van der Waals surface area (Å²) in [7, 11) is 0. The number of hydrogen-bond donors (Lipinski definition) is 3. The molecule has 1 aliphatic carbocycles. The third kappa shape index (κ3) is 4.29. The molecule has 216 valence electrons. The molecule has 7 rings (SSSR count). The molecule has 42 heavy (non-hydrogen) atoms. The number of carbonyl (C=O) groups is 3. The Hall–Kier alpha value is -3.82. The number of thioether (sulfide) groups is 1. The summed E-state index contributed by atoms with van der Waals surface area (Å²) in [4.78, 5) is 44.0. The summed E-state index contributed by atoms with van der Waals surface area (Å²) >= 11 is 1.57. The van der Waals surface area contributed by atoms with Crippen LogP contribution in [0.5, 0.6) is 0 Å². The summed E-state index contributed by atoms with van der Waals surface area (Å²) in [5.41, 5.74) is 5.76. The first-order valence-electron chi connectivity index (χ1n) is 14.6. The van der Waals surface area contributed by atoms with Crippen molar-refractivity contribution in [3.05, 3.63) is 101 Å². The van der Waals surface area contributed by atoms with Gasteiger partial charge in [-0.1, -0.05) is 60.7 Å². The van der Waals surface area contributed by atoms with Crippen LogP contribution in [0.2, 0.25) is 0 Å². The van der Waals surface area contributed by atoms with Gasteiger partial charge in [0.25, 0.3) is 11.8 Å². The van der Waals surface area contributed by atoms with E-state index >= 15 is 0 Å². The predicted octanol–water partition coefficient (Wildman–Crippen LogP) is 3.50. The third-order valence-electron chi connectivity index (χ3n) is 9.32. The van der Waals surface area contributed by atoms with E-state index in [1.165, 1.54) is 16.0 Å². The molecule has 3 N–H and O–H groups in total. The molecule has 2 fully saturated rings. The Morgan fingerprint density at radius 2 is 1.86 bits per heavy atom. The van der Waals surface area contributed by atoms with Crippen LogP contribution in [0.15, 0.2) is 72.8 Å². The van der Waals surface area contributed by atoms with Crippen molar-refractivity contribution in [1.82, 2.24) is 15.1 Å². The van der Waals surface area contributed by atoms with Crippen molar-refractivity contribution in [2.75, 3.05) is 17.7 Å². The number of fused-ring (bicyclic) bond motifs is 3. The first-order chi connectivity index (χ1) is 20.4. The molecule has 1 unspecified atom stereocenters. The molecule has 3 aromatic carbocycles. The lowest BCUT2D eigenvalue weighted by Gasteiger charge is -2.55. The first-order valence-corrected chi connectivity index (χ1v) is 15.6. The van der Waals surface area contributed by atoms with Crippen LogP contribution < -0.4 is 10.6 Å². The number of nitrogens with one attached hydrogen (secondary N) is 2. The van der Waals surface area contributed by atoms with Crippen molar-refractivity contribution in [3.63, 3.8) is 0 Å². The molecule has 0 saturated carbocycles. The van der Waals surface area contributed by atoms with Gasteiger partial charge in [0.2, 0.25) is 5.91 Å². The van der Waals surface area contributed by atoms with Crippen LogP contribution in [-0.2, 0) is 28.9 Å². The molecule has 8 nitrogen and oxygen atoms in total. The number of benzene rings is 3. The molecule has 3 aliphatic heterocycles. The molecule has 3 heterocycles. The normalized spacial score (nSPS) is 25.1. The minimum Gasteiger partial charge on any atom is -0.384 e. The van der Waals surface area contributed by atoms with E-state index in [9.17, 15) is 19.5 Å². The number of anilines is 1. The van der Waals surface area contributed by atoms with Gasteiger partial charge in [-0.05, 0) is 67.0 Å². The number of aliphatic hydroxyl groups is 1. The van der Waals surface area contributed by atoms with Crippen LogP contribution in [0.25, 0.3) is 0 Å². The quantitative estimate of drug-likeness (QED) is 0.369. The standard InChI is InChI=1S/C33H34N4O4S/c1-33-29(32(41)37(33)27-15-14-21-10-5-6-11-22(21)27)36(19-42-33)31(40)28(38)26(18-20-8-3-2-4-9-20)35-30(39)24-12-7-13-25-23(24)16-17-34-25/h2-13,26-29,34,38H,14-19H2,1H3,(H,35,39)/t26-,27-,28-,29+,33?/m0/s1. The van der Waals surface area contributed by atoms with Gasteiger partial charge in [-0.25, -0.2) is 0 Å². The second-order valence-electron chi connectivity index (χ2n) is 11.7. The molecule has 0 aromatic heterocycles. The zero-order chi connectivity index (χ0) is 29.0. The summed E-state index contributed by atoms with van der Waals surface area (Å²) in [6.07, 6.45) is 1.29. The highest BCUT2D eigenvalue weighted by molar-refractivity contribution is 8.01. The maximum Gasteiger partial charge on any atom is 0.255 e. The van der Waals surface area contributed by atoms with Gasteiger partial charge in [0.15, 0.2) is 6.10 Å². The Balaban J connectivity index is 1.12. The Labute approximate surface area is 249 Å². The maximum absolute atomic E-state index is 13.9. The lowest BCUT2D eigenvalue weighted by Crippen LogP contribution is -2.74. The number of rotatable bonds is 7. The molecular formula is C33H34N4O4S. The van der Waals surface area contributed by atoms with E-state index in [-0.39, 0.29) is 24.3 Å². The second-order valence-corrected chi connectivity index (χ2v) is 13.1. The van der Waals surface area contributed by atoms with E-state index in [1.807, 2.05) is 66.4 Å². The zero-order valence-electron chi connectivity index (χ0n) is 23.5. The Bertz CT molecular complexity index is 1560. The Morgan fingerprint density at radius 1 is 1.07 bits per heavy atom. The van der Waals surface area contributed by atoms with Gasteiger partial charge >= 0.3 is 0 Å². The van der Waals surface area contributed by atoms with Gasteiger partial charge in [-0.15, -0.1) is 11.8 Å². The number of β-lactam (4-membered cyclic amide) rings is 1. The average Bonchev–Trinajstić information content (AvgIpc) is 3.73. The molecule has 5 atom stereocenters. The summed E-state index contributed by atoms with van der Waals surface area (Å²) in [5.74, 6) is -0.634. The molecule has 0 bridgehead atoms. The van der Waals surface area contributed by atoms with E-state index in [0.717, 1.165) is 42.6 Å². The summed E-state index contributed by atoms with van der Waals surface area (Å²) in [6.45, 7) is 2.79. The van der Waals surface area contributed by atoms with Crippen molar-refractivity contribution in [2.45, 2.75) is 61.7 Å². The van der Waals surface area contributed by atoms with Crippen LogP contribution in [0.1, 0.15) is 52.0 Å². The van der Waals surface area contributed by atoms with E-state index < -0.39 is 29.0 Å². The van der Waals surface area contributed by atoms with E-state index in [1.54, 1.807) is 17.8 Å². The van der Waals surface area contributed by atoms with Crippen LogP contribution >= 0.6 is 11.8 Å². The highest BCUT2D eigenvalue weighted by atomic mass is 32.2. The topological polar surface area (TPSA) is 102 Å². The summed E-state index contributed by atoms with van der Waals surface area (Å²) < 4.78 is 0. The molecule has 4 aliphatic rings. The molecule has 2 saturated heterocycles. The third-order valence-corrected chi connectivity index (χ3v) is 10.7. The smallest absolute Gasteiger partial charge is 0.255 e. The molecule has 3 aromatic rings. The summed E-state index contributed by atoms with van der Waals surface area (Å²) in [6, 6.07) is 21.8. The summed E-state index contributed by atoms with van der Waals surface area (Å²) in [5, 5.41) is 17.8. The lowest BCUT2D eigenvalue weighted by atomic mass is 9.89. The van der Waals surface area contributed by atoms with Gasteiger partial charge in [0.05, 0.1) is 18.0 Å². The fourth-order valence-corrected chi connectivity index (χ4v) is 8.62. The lowest BCUT2D eigenvalue weighted by molar-refractivity contribution is -0.171. The Kier molecular flexibility index (Phi) is 6.74. The minimum atomic E-state index is -1.51. The predicted molar refractivity (Wildman–Crippen MR) is 162 cm³/mol. The van der Waals surface area contributed by atoms with E-state index in [2.05, 4.69) is 22.8 Å². The van der Waals surface area contributed by atoms with Crippen molar-refractivity contribution in [2.24, 2.45) is 0 Å².